The molecule has 0 aliphatic rings. The summed E-state index contributed by atoms with van der Waals surface area (Å²) in [6, 6.07) is 8.20. The van der Waals surface area contributed by atoms with Crippen molar-refractivity contribution in [2.45, 2.75) is 12.3 Å². The summed E-state index contributed by atoms with van der Waals surface area (Å²) in [7, 11) is 1.72. The van der Waals surface area contributed by atoms with E-state index >= 15 is 0 Å². The topological polar surface area (TPSA) is 35.2 Å². The van der Waals surface area contributed by atoms with Crippen LogP contribution in [-0.2, 0) is 4.74 Å². The molecule has 1 aromatic carbocycles. The highest BCUT2D eigenvalue weighted by atomic mass is 79.9. The van der Waals surface area contributed by atoms with E-state index in [1.807, 2.05) is 18.2 Å². The van der Waals surface area contributed by atoms with Gasteiger partial charge in [-0.15, -0.1) is 0 Å². The summed E-state index contributed by atoms with van der Waals surface area (Å²) in [5.41, 5.74) is 7.01. The van der Waals surface area contributed by atoms with Crippen LogP contribution in [-0.4, -0.2) is 20.3 Å². The van der Waals surface area contributed by atoms with Crippen LogP contribution >= 0.6 is 15.9 Å². The van der Waals surface area contributed by atoms with Crippen molar-refractivity contribution < 1.29 is 4.74 Å². The highest BCUT2D eigenvalue weighted by Crippen LogP contribution is 2.26. The van der Waals surface area contributed by atoms with Crippen molar-refractivity contribution in [3.8, 4) is 0 Å². The summed E-state index contributed by atoms with van der Waals surface area (Å²) in [6.45, 7) is 1.41. The molecule has 2 N–H and O–H groups in total. The van der Waals surface area contributed by atoms with Gasteiger partial charge in [-0.05, 0) is 30.5 Å². The lowest BCUT2D eigenvalue weighted by Crippen LogP contribution is -2.14. The normalized spacial score (nSPS) is 12.8. The van der Waals surface area contributed by atoms with Gasteiger partial charge in [-0.2, -0.15) is 0 Å². The predicted octanol–water partition coefficient (Wildman–Crippen LogP) is 2.53. The Kier molecular flexibility index (Phi) is 5.15. The van der Waals surface area contributed by atoms with Crippen LogP contribution in [0, 0.1) is 0 Å². The second kappa shape index (κ2) is 6.17. The minimum atomic E-state index is 0.380. The van der Waals surface area contributed by atoms with Crippen LogP contribution in [0.15, 0.2) is 28.7 Å². The molecule has 2 nitrogen and oxygen atoms in total. The Bertz CT molecular complexity index is 278. The summed E-state index contributed by atoms with van der Waals surface area (Å²) in [5, 5.41) is 0. The molecule has 14 heavy (non-hydrogen) atoms. The molecular weight excluding hydrogens is 242 g/mol. The number of nitrogens with two attached hydrogens (primary N) is 1. The van der Waals surface area contributed by atoms with Gasteiger partial charge in [0.1, 0.15) is 0 Å². The molecule has 0 aliphatic carbocycles. The smallest absolute Gasteiger partial charge is 0.0468 e. The van der Waals surface area contributed by atoms with Crippen LogP contribution < -0.4 is 5.73 Å². The molecule has 0 radical (unpaired) electrons. The van der Waals surface area contributed by atoms with Crippen LogP contribution in [0.3, 0.4) is 0 Å². The van der Waals surface area contributed by atoms with Crippen LogP contribution in [0.4, 0.5) is 0 Å². The zero-order chi connectivity index (χ0) is 10.4. The maximum atomic E-state index is 5.74. The Morgan fingerprint density at radius 3 is 2.71 bits per heavy atom. The molecule has 0 saturated carbocycles. The summed E-state index contributed by atoms with van der Waals surface area (Å²) in [5.74, 6) is 0.380. The Morgan fingerprint density at radius 1 is 1.43 bits per heavy atom. The summed E-state index contributed by atoms with van der Waals surface area (Å²) >= 11 is 3.53. The second-order valence-corrected chi connectivity index (χ2v) is 4.09. The van der Waals surface area contributed by atoms with Crippen molar-refractivity contribution in [3.05, 3.63) is 34.3 Å². The molecule has 3 heteroatoms. The van der Waals surface area contributed by atoms with Crippen molar-refractivity contribution in [2.75, 3.05) is 20.3 Å². The van der Waals surface area contributed by atoms with Gasteiger partial charge in [0.05, 0.1) is 0 Å². The van der Waals surface area contributed by atoms with E-state index in [0.29, 0.717) is 12.5 Å². The third-order valence-electron chi connectivity index (χ3n) is 2.30. The molecule has 0 aliphatic heterocycles. The molecule has 0 heterocycles. The highest BCUT2D eigenvalue weighted by Gasteiger charge is 2.11. The number of ether oxygens (including phenoxy) is 1. The lowest BCUT2D eigenvalue weighted by molar-refractivity contribution is 0.188. The van der Waals surface area contributed by atoms with E-state index in [1.54, 1.807) is 7.11 Å². The van der Waals surface area contributed by atoms with Crippen molar-refractivity contribution in [3.63, 3.8) is 0 Å². The monoisotopic (exact) mass is 257 g/mol. The fourth-order valence-corrected chi connectivity index (χ4v) is 2.08. The minimum Gasteiger partial charge on any atom is -0.385 e. The van der Waals surface area contributed by atoms with E-state index in [4.69, 9.17) is 10.5 Å². The fraction of sp³-hybridized carbons (Fsp3) is 0.455. The Morgan fingerprint density at radius 2 is 2.14 bits per heavy atom. The molecule has 1 atom stereocenters. The molecule has 1 unspecified atom stereocenters. The van der Waals surface area contributed by atoms with E-state index in [9.17, 15) is 0 Å². The van der Waals surface area contributed by atoms with E-state index in [0.717, 1.165) is 17.5 Å². The zero-order valence-electron chi connectivity index (χ0n) is 8.37. The molecule has 0 aromatic heterocycles. The van der Waals surface area contributed by atoms with Crippen molar-refractivity contribution in [1.29, 1.82) is 0 Å². The quantitative estimate of drug-likeness (QED) is 0.880. The van der Waals surface area contributed by atoms with Gasteiger partial charge in [-0.3, -0.25) is 0 Å². The van der Waals surface area contributed by atoms with E-state index < -0.39 is 0 Å². The summed E-state index contributed by atoms with van der Waals surface area (Å²) < 4.78 is 6.20. The SMILES string of the molecule is COCCC(CN)c1ccccc1Br. The molecule has 1 rings (SSSR count). The predicted molar refractivity (Wildman–Crippen MR) is 62.4 cm³/mol. The van der Waals surface area contributed by atoms with Crippen LogP contribution in [0.25, 0.3) is 0 Å². The van der Waals surface area contributed by atoms with Gasteiger partial charge in [-0.25, -0.2) is 0 Å². The van der Waals surface area contributed by atoms with Crippen molar-refractivity contribution in [2.24, 2.45) is 5.73 Å². The number of hydrogen-bond donors (Lipinski definition) is 1. The number of benzene rings is 1. The first-order valence-electron chi connectivity index (χ1n) is 4.73. The molecule has 0 bridgehead atoms. The zero-order valence-corrected chi connectivity index (χ0v) is 9.96. The van der Waals surface area contributed by atoms with Gasteiger partial charge in [0.25, 0.3) is 0 Å². The molecule has 1 aromatic rings. The van der Waals surface area contributed by atoms with E-state index in [1.165, 1.54) is 5.56 Å². The third-order valence-corrected chi connectivity index (χ3v) is 3.02. The molecule has 78 valence electrons. The first-order valence-corrected chi connectivity index (χ1v) is 5.52. The van der Waals surface area contributed by atoms with Gasteiger partial charge >= 0.3 is 0 Å². The summed E-state index contributed by atoms with van der Waals surface area (Å²) in [4.78, 5) is 0. The molecule has 0 fully saturated rings. The third kappa shape index (κ3) is 3.08. The van der Waals surface area contributed by atoms with Gasteiger partial charge in [0, 0.05) is 18.2 Å². The number of halogens is 1. The Labute approximate surface area is 93.6 Å². The first kappa shape index (κ1) is 11.7. The van der Waals surface area contributed by atoms with Crippen LogP contribution in [0.2, 0.25) is 0 Å². The maximum absolute atomic E-state index is 5.74. The van der Waals surface area contributed by atoms with Gasteiger partial charge in [0.15, 0.2) is 0 Å². The number of rotatable bonds is 5. The lowest BCUT2D eigenvalue weighted by Gasteiger charge is -2.16. The average Bonchev–Trinajstić information content (AvgIpc) is 2.21. The standard InChI is InChI=1S/C11H16BrNO/c1-14-7-6-9(8-13)10-4-2-3-5-11(10)12/h2-5,9H,6-8,13H2,1H3. The Hall–Kier alpha value is -0.380. The fourth-order valence-electron chi connectivity index (χ4n) is 1.47. The van der Waals surface area contributed by atoms with Crippen LogP contribution in [0.5, 0.6) is 0 Å². The molecule has 0 spiro atoms. The van der Waals surface area contributed by atoms with Gasteiger partial charge in [0.2, 0.25) is 0 Å². The largest absolute Gasteiger partial charge is 0.385 e. The first-order chi connectivity index (χ1) is 6.79. The van der Waals surface area contributed by atoms with E-state index in [-0.39, 0.29) is 0 Å². The minimum absolute atomic E-state index is 0.380. The molecular formula is C11H16BrNO. The van der Waals surface area contributed by atoms with Gasteiger partial charge < -0.3 is 10.5 Å². The Balaban J connectivity index is 2.73. The number of methoxy groups -OCH3 is 1. The van der Waals surface area contributed by atoms with Crippen molar-refractivity contribution in [1.82, 2.24) is 0 Å². The maximum Gasteiger partial charge on any atom is 0.0468 e. The molecule has 0 amide bonds. The van der Waals surface area contributed by atoms with Gasteiger partial charge in [-0.1, -0.05) is 34.1 Å². The summed E-state index contributed by atoms with van der Waals surface area (Å²) in [6.07, 6.45) is 0.968. The van der Waals surface area contributed by atoms with E-state index in [2.05, 4.69) is 22.0 Å². The number of hydrogen-bond acceptors (Lipinski definition) is 2. The van der Waals surface area contributed by atoms with Crippen LogP contribution in [0.1, 0.15) is 17.9 Å². The second-order valence-electron chi connectivity index (χ2n) is 3.24. The lowest BCUT2D eigenvalue weighted by atomic mass is 9.96. The van der Waals surface area contributed by atoms with Crippen molar-refractivity contribution >= 4 is 15.9 Å². The molecule has 0 saturated heterocycles. The average molecular weight is 258 g/mol. The highest BCUT2D eigenvalue weighted by molar-refractivity contribution is 9.10.